The summed E-state index contributed by atoms with van der Waals surface area (Å²) >= 11 is 0. The molecular weight excluding hydrogens is 274 g/mol. The van der Waals surface area contributed by atoms with Crippen LogP contribution in [0.15, 0.2) is 41.3 Å². The van der Waals surface area contributed by atoms with E-state index < -0.39 is 10.0 Å². The van der Waals surface area contributed by atoms with Gasteiger partial charge in [-0.05, 0) is 38.3 Å². The third-order valence-electron chi connectivity index (χ3n) is 4.06. The van der Waals surface area contributed by atoms with Gasteiger partial charge in [0.25, 0.3) is 0 Å². The summed E-state index contributed by atoms with van der Waals surface area (Å²) in [5.41, 5.74) is 0.436. The van der Waals surface area contributed by atoms with Crippen LogP contribution in [0.5, 0.6) is 0 Å². The van der Waals surface area contributed by atoms with E-state index in [0.29, 0.717) is 5.56 Å². The van der Waals surface area contributed by atoms with Gasteiger partial charge in [-0.1, -0.05) is 24.3 Å². The predicted octanol–water partition coefficient (Wildman–Crippen LogP) is 2.37. The highest BCUT2D eigenvalue weighted by Gasteiger charge is 2.42. The van der Waals surface area contributed by atoms with Gasteiger partial charge in [-0.2, -0.15) is 4.31 Å². The highest BCUT2D eigenvalue weighted by atomic mass is 32.2. The van der Waals surface area contributed by atoms with Crippen molar-refractivity contribution < 1.29 is 13.2 Å². The number of benzene rings is 1. The van der Waals surface area contributed by atoms with Crippen molar-refractivity contribution in [2.75, 3.05) is 0 Å². The van der Waals surface area contributed by atoms with Crippen molar-refractivity contribution in [3.05, 3.63) is 42.0 Å². The van der Waals surface area contributed by atoms with Gasteiger partial charge < -0.3 is 0 Å². The monoisotopic (exact) mass is 291 g/mol. The van der Waals surface area contributed by atoms with E-state index in [0.717, 1.165) is 19.3 Å². The maximum atomic E-state index is 12.8. The number of carbonyl (C=O) groups is 1. The summed E-state index contributed by atoms with van der Waals surface area (Å²) < 4.78 is 27.2. The minimum absolute atomic E-state index is 0.0280. The molecule has 0 aliphatic carbocycles. The number of ketones is 1. The molecule has 0 unspecified atom stereocenters. The van der Waals surface area contributed by atoms with Gasteiger partial charge in [0.1, 0.15) is 0 Å². The zero-order chi connectivity index (χ0) is 14.3. The molecule has 0 aromatic heterocycles. The normalized spacial score (nSPS) is 25.9. The van der Waals surface area contributed by atoms with Crippen LogP contribution in [0.2, 0.25) is 0 Å². The van der Waals surface area contributed by atoms with Crippen molar-refractivity contribution in [2.24, 2.45) is 0 Å². The zero-order valence-corrected chi connectivity index (χ0v) is 12.1. The van der Waals surface area contributed by atoms with Gasteiger partial charge in [0, 0.05) is 17.6 Å². The second kappa shape index (κ2) is 4.82. The molecule has 106 valence electrons. The first-order chi connectivity index (χ1) is 9.50. The number of rotatable bonds is 3. The van der Waals surface area contributed by atoms with Crippen LogP contribution < -0.4 is 0 Å². The molecule has 3 rings (SSSR count). The Labute approximate surface area is 119 Å². The standard InChI is InChI=1S/C15H17NO3S/c1-11(17)12-4-2-7-15(10-12)20(18,19)16-13-5-3-6-14(16)9-8-13/h2-5,7,10,13-14H,6,8-9H2,1H3/t13-,14-/m0/s1. The number of hydrogen-bond acceptors (Lipinski definition) is 3. The third kappa shape index (κ3) is 2.11. The Bertz CT molecular complexity index is 678. The molecule has 1 aromatic rings. The third-order valence-corrected chi connectivity index (χ3v) is 6.04. The number of fused-ring (bicyclic) bond motifs is 2. The van der Waals surface area contributed by atoms with E-state index in [1.165, 1.54) is 13.0 Å². The number of nitrogens with zero attached hydrogens (tertiary/aromatic N) is 1. The van der Waals surface area contributed by atoms with Crippen molar-refractivity contribution >= 4 is 15.8 Å². The largest absolute Gasteiger partial charge is 0.295 e. The lowest BCUT2D eigenvalue weighted by Gasteiger charge is -2.30. The molecule has 0 amide bonds. The summed E-state index contributed by atoms with van der Waals surface area (Å²) in [6.45, 7) is 1.44. The van der Waals surface area contributed by atoms with E-state index in [4.69, 9.17) is 0 Å². The van der Waals surface area contributed by atoms with E-state index in [1.54, 1.807) is 22.5 Å². The smallest absolute Gasteiger partial charge is 0.243 e. The lowest BCUT2D eigenvalue weighted by molar-refractivity contribution is 0.101. The highest BCUT2D eigenvalue weighted by Crippen LogP contribution is 2.36. The fourth-order valence-corrected chi connectivity index (χ4v) is 4.94. The number of carbonyl (C=O) groups excluding carboxylic acids is 1. The molecule has 1 saturated heterocycles. The number of sulfonamides is 1. The predicted molar refractivity (Wildman–Crippen MR) is 76.0 cm³/mol. The lowest BCUT2D eigenvalue weighted by Crippen LogP contribution is -2.42. The quantitative estimate of drug-likeness (QED) is 0.634. The van der Waals surface area contributed by atoms with E-state index in [9.17, 15) is 13.2 Å². The lowest BCUT2D eigenvalue weighted by atomic mass is 10.2. The van der Waals surface area contributed by atoms with Crippen LogP contribution in [0.25, 0.3) is 0 Å². The van der Waals surface area contributed by atoms with Gasteiger partial charge >= 0.3 is 0 Å². The van der Waals surface area contributed by atoms with Crippen LogP contribution >= 0.6 is 0 Å². The molecule has 0 saturated carbocycles. The van der Waals surface area contributed by atoms with Gasteiger partial charge in [-0.25, -0.2) is 8.42 Å². The summed E-state index contributed by atoms with van der Waals surface area (Å²) in [6.07, 6.45) is 6.62. The molecule has 0 radical (unpaired) electrons. The second-order valence-corrected chi connectivity index (χ2v) is 7.22. The summed E-state index contributed by atoms with van der Waals surface area (Å²) in [4.78, 5) is 11.6. The first-order valence-electron chi connectivity index (χ1n) is 6.81. The van der Waals surface area contributed by atoms with Gasteiger partial charge in [0.15, 0.2) is 5.78 Å². The van der Waals surface area contributed by atoms with Crippen molar-refractivity contribution in [1.29, 1.82) is 0 Å². The van der Waals surface area contributed by atoms with Gasteiger partial charge in [-0.15, -0.1) is 0 Å². The maximum Gasteiger partial charge on any atom is 0.243 e. The Hall–Kier alpha value is -1.46. The molecule has 20 heavy (non-hydrogen) atoms. The maximum absolute atomic E-state index is 12.8. The fraction of sp³-hybridized carbons (Fsp3) is 0.400. The SMILES string of the molecule is CC(=O)c1cccc(S(=O)(=O)N2[C@H]3CC=C[C@H]2CC3)c1. The Morgan fingerprint density at radius 3 is 2.80 bits per heavy atom. The van der Waals surface area contributed by atoms with E-state index >= 15 is 0 Å². The van der Waals surface area contributed by atoms with Crippen LogP contribution in [-0.4, -0.2) is 30.6 Å². The molecule has 0 N–H and O–H groups in total. The average molecular weight is 291 g/mol. The molecule has 4 nitrogen and oxygen atoms in total. The van der Waals surface area contributed by atoms with Gasteiger partial charge in [0.2, 0.25) is 10.0 Å². The summed E-state index contributed by atoms with van der Waals surface area (Å²) in [5.74, 6) is -0.122. The summed E-state index contributed by atoms with van der Waals surface area (Å²) in [6, 6.07) is 6.36. The number of Topliss-reactive ketones (excluding diaryl/α,β-unsaturated/α-hetero) is 1. The molecule has 2 aliphatic heterocycles. The molecule has 2 atom stereocenters. The van der Waals surface area contributed by atoms with E-state index in [2.05, 4.69) is 6.08 Å². The Balaban J connectivity index is 2.02. The molecule has 5 heteroatoms. The van der Waals surface area contributed by atoms with Crippen molar-refractivity contribution in [1.82, 2.24) is 4.31 Å². The molecule has 2 bridgehead atoms. The summed E-state index contributed by atoms with van der Waals surface area (Å²) in [5, 5.41) is 0. The first kappa shape index (κ1) is 13.5. The minimum Gasteiger partial charge on any atom is -0.295 e. The molecule has 0 spiro atoms. The van der Waals surface area contributed by atoms with E-state index in [1.807, 2.05) is 6.08 Å². The van der Waals surface area contributed by atoms with Crippen LogP contribution in [-0.2, 0) is 10.0 Å². The Morgan fingerprint density at radius 2 is 2.10 bits per heavy atom. The minimum atomic E-state index is -3.52. The molecule has 2 aliphatic rings. The number of hydrogen-bond donors (Lipinski definition) is 0. The van der Waals surface area contributed by atoms with E-state index in [-0.39, 0.29) is 22.8 Å². The van der Waals surface area contributed by atoms with Crippen molar-refractivity contribution in [2.45, 2.75) is 43.2 Å². The Kier molecular flexibility index (Phi) is 3.26. The zero-order valence-electron chi connectivity index (χ0n) is 11.3. The van der Waals surface area contributed by atoms with Crippen LogP contribution in [0, 0.1) is 0 Å². The van der Waals surface area contributed by atoms with Gasteiger partial charge in [-0.3, -0.25) is 4.79 Å². The molecule has 1 fully saturated rings. The Morgan fingerprint density at radius 1 is 1.30 bits per heavy atom. The molecule has 1 aromatic carbocycles. The topological polar surface area (TPSA) is 54.5 Å². The summed E-state index contributed by atoms with van der Waals surface area (Å²) in [7, 11) is -3.52. The van der Waals surface area contributed by atoms with Crippen molar-refractivity contribution in [3.63, 3.8) is 0 Å². The average Bonchev–Trinajstić information content (AvgIpc) is 2.70. The fourth-order valence-electron chi connectivity index (χ4n) is 3.06. The second-order valence-electron chi connectivity index (χ2n) is 5.38. The van der Waals surface area contributed by atoms with Crippen LogP contribution in [0.3, 0.4) is 0 Å². The van der Waals surface area contributed by atoms with Crippen LogP contribution in [0.4, 0.5) is 0 Å². The molecular formula is C15H17NO3S. The van der Waals surface area contributed by atoms with Crippen molar-refractivity contribution in [3.8, 4) is 0 Å². The molecule has 2 heterocycles. The highest BCUT2D eigenvalue weighted by molar-refractivity contribution is 7.89. The first-order valence-corrected chi connectivity index (χ1v) is 8.25. The van der Waals surface area contributed by atoms with Gasteiger partial charge in [0.05, 0.1) is 4.90 Å². The van der Waals surface area contributed by atoms with Crippen LogP contribution in [0.1, 0.15) is 36.5 Å².